The molecule has 0 radical (unpaired) electrons. The number of rotatable bonds is 4. The van der Waals surface area contributed by atoms with E-state index in [2.05, 4.69) is 17.3 Å². The maximum Gasteiger partial charge on any atom is 0.240 e. The molecule has 0 aromatic heterocycles. The van der Waals surface area contributed by atoms with Gasteiger partial charge in [-0.05, 0) is 50.6 Å². The normalized spacial score (nSPS) is 20.8. The standard InChI is InChI=1S/C13H22N4O2S/c1-17-6-2-3-10(9-17)8-16-11-4-5-13(12(14)7-11)20(15,18)19/h4-5,7,10,16H,2-3,6,8-9,14H2,1H3,(H2,15,18,19). The van der Waals surface area contributed by atoms with Crippen LogP contribution in [0.25, 0.3) is 0 Å². The van der Waals surface area contributed by atoms with Gasteiger partial charge in [0.05, 0.1) is 5.69 Å². The Hall–Kier alpha value is -1.31. The summed E-state index contributed by atoms with van der Waals surface area (Å²) >= 11 is 0. The number of nitrogen functional groups attached to an aromatic ring is 1. The van der Waals surface area contributed by atoms with Gasteiger partial charge in [-0.2, -0.15) is 0 Å². The number of anilines is 2. The minimum Gasteiger partial charge on any atom is -0.398 e. The molecule has 1 aliphatic heterocycles. The van der Waals surface area contributed by atoms with Gasteiger partial charge in [0, 0.05) is 18.8 Å². The number of primary sulfonamides is 1. The summed E-state index contributed by atoms with van der Waals surface area (Å²) in [4.78, 5) is 2.30. The molecule has 2 rings (SSSR count). The molecule has 1 fully saturated rings. The van der Waals surface area contributed by atoms with Gasteiger partial charge in [-0.15, -0.1) is 0 Å². The van der Waals surface area contributed by atoms with Gasteiger partial charge in [-0.1, -0.05) is 0 Å². The average molecular weight is 298 g/mol. The van der Waals surface area contributed by atoms with Crippen LogP contribution in [0.15, 0.2) is 23.1 Å². The summed E-state index contributed by atoms with van der Waals surface area (Å²) in [7, 11) is -1.62. The highest BCUT2D eigenvalue weighted by Gasteiger charge is 2.17. The first kappa shape index (κ1) is 15.1. The average Bonchev–Trinajstić information content (AvgIpc) is 2.35. The topological polar surface area (TPSA) is 101 Å². The second kappa shape index (κ2) is 5.99. The van der Waals surface area contributed by atoms with Crippen LogP contribution in [-0.2, 0) is 10.0 Å². The molecule has 1 aliphatic rings. The smallest absolute Gasteiger partial charge is 0.240 e. The maximum atomic E-state index is 11.3. The molecule has 1 aromatic carbocycles. The van der Waals surface area contributed by atoms with Crippen molar-refractivity contribution in [3.05, 3.63) is 18.2 Å². The highest BCUT2D eigenvalue weighted by atomic mass is 32.2. The predicted molar refractivity (Wildman–Crippen MR) is 80.9 cm³/mol. The Bertz CT molecular complexity index is 574. The number of hydrogen-bond donors (Lipinski definition) is 3. The van der Waals surface area contributed by atoms with Gasteiger partial charge in [0.25, 0.3) is 0 Å². The van der Waals surface area contributed by atoms with Crippen LogP contribution in [0.4, 0.5) is 11.4 Å². The van der Waals surface area contributed by atoms with Crippen LogP contribution in [0.5, 0.6) is 0 Å². The molecule has 112 valence electrons. The monoisotopic (exact) mass is 298 g/mol. The summed E-state index contributed by atoms with van der Waals surface area (Å²) in [5, 5.41) is 8.39. The fourth-order valence-corrected chi connectivity index (χ4v) is 3.26. The summed E-state index contributed by atoms with van der Waals surface area (Å²) in [6.07, 6.45) is 2.43. The number of nitrogens with one attached hydrogen (secondary N) is 1. The van der Waals surface area contributed by atoms with E-state index in [0.717, 1.165) is 25.3 Å². The van der Waals surface area contributed by atoms with Crippen molar-refractivity contribution in [2.24, 2.45) is 11.1 Å². The van der Waals surface area contributed by atoms with Crippen LogP contribution < -0.4 is 16.2 Å². The molecule has 20 heavy (non-hydrogen) atoms. The SMILES string of the molecule is CN1CCCC(CNc2ccc(S(N)(=O)=O)c(N)c2)C1. The van der Waals surface area contributed by atoms with Crippen molar-refractivity contribution in [3.63, 3.8) is 0 Å². The summed E-state index contributed by atoms with van der Waals surface area (Å²) < 4.78 is 22.6. The summed E-state index contributed by atoms with van der Waals surface area (Å²) in [5.41, 5.74) is 6.73. The Labute approximate surface area is 120 Å². The van der Waals surface area contributed by atoms with Crippen LogP contribution in [0.3, 0.4) is 0 Å². The highest BCUT2D eigenvalue weighted by Crippen LogP contribution is 2.22. The Morgan fingerprint density at radius 1 is 1.45 bits per heavy atom. The lowest BCUT2D eigenvalue weighted by molar-refractivity contribution is 0.217. The Morgan fingerprint density at radius 2 is 2.20 bits per heavy atom. The molecule has 7 heteroatoms. The molecule has 1 atom stereocenters. The Kier molecular flexibility index (Phi) is 4.52. The molecule has 0 saturated carbocycles. The zero-order valence-electron chi connectivity index (χ0n) is 11.7. The van der Waals surface area contributed by atoms with E-state index >= 15 is 0 Å². The van der Waals surface area contributed by atoms with Crippen molar-refractivity contribution < 1.29 is 8.42 Å². The summed E-state index contributed by atoms with van der Waals surface area (Å²) in [6.45, 7) is 3.10. The second-order valence-corrected chi connectivity index (χ2v) is 6.98. The van der Waals surface area contributed by atoms with Crippen molar-refractivity contribution in [3.8, 4) is 0 Å². The van der Waals surface area contributed by atoms with Gasteiger partial charge in [0.15, 0.2) is 0 Å². The molecule has 0 bridgehead atoms. The predicted octanol–water partition coefficient (Wildman–Crippen LogP) is 0.670. The number of nitrogens with zero attached hydrogens (tertiary/aromatic N) is 1. The van der Waals surface area contributed by atoms with Gasteiger partial charge >= 0.3 is 0 Å². The molecule has 1 saturated heterocycles. The Balaban J connectivity index is 1.99. The molecule has 0 aliphatic carbocycles. The third kappa shape index (κ3) is 3.84. The molecule has 1 unspecified atom stereocenters. The third-order valence-electron chi connectivity index (χ3n) is 3.63. The van der Waals surface area contributed by atoms with Crippen LogP contribution in [-0.4, -0.2) is 40.0 Å². The van der Waals surface area contributed by atoms with Crippen molar-refractivity contribution in [2.45, 2.75) is 17.7 Å². The lowest BCUT2D eigenvalue weighted by Crippen LogP contribution is -2.35. The minimum atomic E-state index is -3.75. The molecule has 6 nitrogen and oxygen atoms in total. The molecule has 5 N–H and O–H groups in total. The van der Waals surface area contributed by atoms with E-state index in [9.17, 15) is 8.42 Å². The first-order chi connectivity index (χ1) is 9.36. The van der Waals surface area contributed by atoms with Gasteiger partial charge in [-0.25, -0.2) is 13.6 Å². The highest BCUT2D eigenvalue weighted by molar-refractivity contribution is 7.89. The van der Waals surface area contributed by atoms with Crippen molar-refractivity contribution in [1.29, 1.82) is 0 Å². The molecule has 0 amide bonds. The number of sulfonamides is 1. The van der Waals surface area contributed by atoms with E-state index in [1.807, 2.05) is 0 Å². The largest absolute Gasteiger partial charge is 0.398 e. The van der Waals surface area contributed by atoms with E-state index in [1.54, 1.807) is 12.1 Å². The van der Waals surface area contributed by atoms with Crippen molar-refractivity contribution >= 4 is 21.4 Å². The molecule has 1 heterocycles. The van der Waals surface area contributed by atoms with E-state index in [1.165, 1.54) is 18.9 Å². The van der Waals surface area contributed by atoms with E-state index < -0.39 is 10.0 Å². The lowest BCUT2D eigenvalue weighted by atomic mass is 9.98. The third-order valence-corrected chi connectivity index (χ3v) is 4.62. The molecule has 0 spiro atoms. The minimum absolute atomic E-state index is 0.0274. The van der Waals surface area contributed by atoms with Gasteiger partial charge in [0.2, 0.25) is 10.0 Å². The van der Waals surface area contributed by atoms with E-state index in [-0.39, 0.29) is 10.6 Å². The number of hydrogen-bond acceptors (Lipinski definition) is 5. The quantitative estimate of drug-likeness (QED) is 0.709. The zero-order chi connectivity index (χ0) is 14.8. The van der Waals surface area contributed by atoms with E-state index in [4.69, 9.17) is 10.9 Å². The van der Waals surface area contributed by atoms with Crippen LogP contribution in [0.2, 0.25) is 0 Å². The molecule has 1 aromatic rings. The number of benzene rings is 1. The zero-order valence-corrected chi connectivity index (χ0v) is 12.5. The fraction of sp³-hybridized carbons (Fsp3) is 0.538. The molecular formula is C13H22N4O2S. The van der Waals surface area contributed by atoms with Crippen LogP contribution in [0.1, 0.15) is 12.8 Å². The van der Waals surface area contributed by atoms with Gasteiger partial charge in [-0.3, -0.25) is 0 Å². The summed E-state index contributed by atoms with van der Waals surface area (Å²) in [5.74, 6) is 0.605. The first-order valence-corrected chi connectivity index (χ1v) is 8.25. The number of likely N-dealkylation sites (tertiary alicyclic amines) is 1. The second-order valence-electron chi connectivity index (χ2n) is 5.45. The van der Waals surface area contributed by atoms with Crippen LogP contribution >= 0.6 is 0 Å². The number of piperidine rings is 1. The lowest BCUT2D eigenvalue weighted by Gasteiger charge is -2.30. The molecular weight excluding hydrogens is 276 g/mol. The Morgan fingerprint density at radius 3 is 2.80 bits per heavy atom. The van der Waals surface area contributed by atoms with Gasteiger partial charge in [0.1, 0.15) is 4.90 Å². The number of nitrogens with two attached hydrogens (primary N) is 2. The van der Waals surface area contributed by atoms with Crippen LogP contribution in [0, 0.1) is 5.92 Å². The van der Waals surface area contributed by atoms with Crippen molar-refractivity contribution in [2.75, 3.05) is 37.7 Å². The summed E-state index contributed by atoms with van der Waals surface area (Å²) in [6, 6.07) is 4.76. The maximum absolute atomic E-state index is 11.3. The van der Waals surface area contributed by atoms with E-state index in [0.29, 0.717) is 5.92 Å². The van der Waals surface area contributed by atoms with Crippen molar-refractivity contribution in [1.82, 2.24) is 4.90 Å². The first-order valence-electron chi connectivity index (χ1n) is 6.71. The van der Waals surface area contributed by atoms with Gasteiger partial charge < -0.3 is 16.0 Å². The fourth-order valence-electron chi connectivity index (χ4n) is 2.62.